The van der Waals surface area contributed by atoms with Crippen molar-refractivity contribution in [3.05, 3.63) is 35.2 Å². The van der Waals surface area contributed by atoms with Crippen molar-refractivity contribution in [3.8, 4) is 11.3 Å². The first-order valence-corrected chi connectivity index (χ1v) is 11.6. The Balaban J connectivity index is 1.57. The minimum atomic E-state index is -0.564. The van der Waals surface area contributed by atoms with Gasteiger partial charge in [-0.15, -0.1) is 11.3 Å². The van der Waals surface area contributed by atoms with E-state index in [2.05, 4.69) is 15.6 Å². The van der Waals surface area contributed by atoms with Crippen molar-refractivity contribution < 1.29 is 19.1 Å². The molecule has 0 radical (unpaired) electrons. The SMILES string of the molecule is CC(=O)NCc1ccc(-c2csc(NC(=O)C3CCCN(C(=O)OC(C)(C)C)C3)n2)cc1. The van der Waals surface area contributed by atoms with Crippen molar-refractivity contribution >= 4 is 34.4 Å². The Morgan fingerprint density at radius 2 is 1.94 bits per heavy atom. The highest BCUT2D eigenvalue weighted by atomic mass is 32.1. The molecule has 1 aromatic carbocycles. The summed E-state index contributed by atoms with van der Waals surface area (Å²) in [5.41, 5.74) is 2.14. The quantitative estimate of drug-likeness (QED) is 0.705. The second kappa shape index (κ2) is 10.1. The van der Waals surface area contributed by atoms with Gasteiger partial charge in [-0.3, -0.25) is 9.59 Å². The lowest BCUT2D eigenvalue weighted by molar-refractivity contribution is -0.121. The Bertz CT molecular complexity index is 965. The van der Waals surface area contributed by atoms with Crippen LogP contribution in [-0.2, 0) is 20.9 Å². The first kappa shape index (κ1) is 23.7. The predicted octanol–water partition coefficient (Wildman–Crippen LogP) is 4.03. The zero-order valence-corrected chi connectivity index (χ0v) is 19.8. The van der Waals surface area contributed by atoms with E-state index in [1.54, 1.807) is 4.90 Å². The van der Waals surface area contributed by atoms with Crippen LogP contribution in [0.1, 0.15) is 46.1 Å². The molecule has 3 rings (SSSR count). The lowest BCUT2D eigenvalue weighted by Crippen LogP contribution is -2.45. The topological polar surface area (TPSA) is 101 Å². The largest absolute Gasteiger partial charge is 0.444 e. The lowest BCUT2D eigenvalue weighted by atomic mass is 9.97. The maximum Gasteiger partial charge on any atom is 0.410 e. The number of thiazole rings is 1. The minimum Gasteiger partial charge on any atom is -0.444 e. The fourth-order valence-electron chi connectivity index (χ4n) is 3.37. The molecule has 1 aliphatic heterocycles. The van der Waals surface area contributed by atoms with Gasteiger partial charge in [-0.1, -0.05) is 24.3 Å². The number of amides is 3. The van der Waals surface area contributed by atoms with Crippen LogP contribution in [0.5, 0.6) is 0 Å². The van der Waals surface area contributed by atoms with Crippen molar-refractivity contribution in [1.82, 2.24) is 15.2 Å². The zero-order chi connectivity index (χ0) is 23.3. The number of hydrogen-bond donors (Lipinski definition) is 2. The van der Waals surface area contributed by atoms with Gasteiger partial charge in [0.25, 0.3) is 0 Å². The first-order chi connectivity index (χ1) is 15.1. The number of nitrogens with one attached hydrogen (secondary N) is 2. The molecule has 1 unspecified atom stereocenters. The van der Waals surface area contributed by atoms with Gasteiger partial charge < -0.3 is 20.3 Å². The van der Waals surface area contributed by atoms with Gasteiger partial charge in [0.15, 0.2) is 5.13 Å². The summed E-state index contributed by atoms with van der Waals surface area (Å²) < 4.78 is 5.44. The molecule has 0 saturated carbocycles. The van der Waals surface area contributed by atoms with Gasteiger partial charge in [0.2, 0.25) is 11.8 Å². The highest BCUT2D eigenvalue weighted by Gasteiger charge is 2.31. The lowest BCUT2D eigenvalue weighted by Gasteiger charge is -2.33. The standard InChI is InChI=1S/C23H30N4O4S/c1-15(28)24-12-16-7-9-17(10-8-16)19-14-32-21(25-19)26-20(29)18-6-5-11-27(13-18)22(30)31-23(2,3)4/h7-10,14,18H,5-6,11-13H2,1-4H3,(H,24,28)(H,25,26,29). The second-order valence-electron chi connectivity index (χ2n) is 8.90. The van der Waals surface area contributed by atoms with Crippen molar-refractivity contribution in [3.63, 3.8) is 0 Å². The molecule has 32 heavy (non-hydrogen) atoms. The maximum absolute atomic E-state index is 12.8. The molecule has 2 N–H and O–H groups in total. The highest BCUT2D eigenvalue weighted by molar-refractivity contribution is 7.14. The van der Waals surface area contributed by atoms with E-state index >= 15 is 0 Å². The summed E-state index contributed by atoms with van der Waals surface area (Å²) in [5, 5.41) is 8.09. The summed E-state index contributed by atoms with van der Waals surface area (Å²) in [6.07, 6.45) is 1.10. The molecule has 2 heterocycles. The number of carbonyl (C=O) groups is 3. The molecule has 0 spiro atoms. The van der Waals surface area contributed by atoms with Crippen molar-refractivity contribution in [1.29, 1.82) is 0 Å². The van der Waals surface area contributed by atoms with Crippen molar-refractivity contribution in [2.24, 2.45) is 5.92 Å². The van der Waals surface area contributed by atoms with E-state index in [-0.39, 0.29) is 23.8 Å². The van der Waals surface area contributed by atoms with E-state index in [0.717, 1.165) is 29.7 Å². The van der Waals surface area contributed by atoms with Gasteiger partial charge in [0.05, 0.1) is 11.6 Å². The maximum atomic E-state index is 12.8. The summed E-state index contributed by atoms with van der Waals surface area (Å²) in [6.45, 7) is 8.39. The van der Waals surface area contributed by atoms with Crippen LogP contribution in [-0.4, -0.2) is 46.5 Å². The van der Waals surface area contributed by atoms with Gasteiger partial charge in [-0.05, 0) is 39.2 Å². The van der Waals surface area contributed by atoms with E-state index in [1.807, 2.05) is 50.4 Å². The van der Waals surface area contributed by atoms with Gasteiger partial charge in [0, 0.05) is 37.5 Å². The van der Waals surface area contributed by atoms with E-state index in [4.69, 9.17) is 4.74 Å². The molecule has 1 aromatic heterocycles. The van der Waals surface area contributed by atoms with Gasteiger partial charge in [-0.25, -0.2) is 9.78 Å². The van der Waals surface area contributed by atoms with Crippen LogP contribution in [0.25, 0.3) is 11.3 Å². The van der Waals surface area contributed by atoms with Crippen molar-refractivity contribution in [2.45, 2.75) is 52.7 Å². The predicted molar refractivity (Wildman–Crippen MR) is 124 cm³/mol. The third kappa shape index (κ3) is 6.78. The van der Waals surface area contributed by atoms with Crippen LogP contribution in [0, 0.1) is 5.92 Å². The summed E-state index contributed by atoms with van der Waals surface area (Å²) in [6, 6.07) is 7.77. The Kier molecular flexibility index (Phi) is 7.50. The smallest absolute Gasteiger partial charge is 0.410 e. The number of carbonyl (C=O) groups excluding carboxylic acids is 3. The fraction of sp³-hybridized carbons (Fsp3) is 0.478. The second-order valence-corrected chi connectivity index (χ2v) is 9.76. The van der Waals surface area contributed by atoms with Crippen LogP contribution in [0.2, 0.25) is 0 Å². The van der Waals surface area contributed by atoms with E-state index in [9.17, 15) is 14.4 Å². The highest BCUT2D eigenvalue weighted by Crippen LogP contribution is 2.27. The van der Waals surface area contributed by atoms with Crippen LogP contribution in [0.3, 0.4) is 0 Å². The number of anilines is 1. The molecule has 172 valence electrons. The van der Waals surface area contributed by atoms with Gasteiger partial charge in [0.1, 0.15) is 5.60 Å². The Morgan fingerprint density at radius 1 is 1.22 bits per heavy atom. The number of piperidine rings is 1. The normalized spacial score (nSPS) is 16.4. The summed E-state index contributed by atoms with van der Waals surface area (Å²) in [7, 11) is 0. The molecule has 1 atom stereocenters. The summed E-state index contributed by atoms with van der Waals surface area (Å²) in [5.74, 6) is -0.498. The molecular formula is C23H30N4O4S. The van der Waals surface area contributed by atoms with Crippen LogP contribution in [0.15, 0.2) is 29.6 Å². The van der Waals surface area contributed by atoms with Crippen LogP contribution >= 0.6 is 11.3 Å². The number of rotatable bonds is 5. The van der Waals surface area contributed by atoms with E-state index in [1.165, 1.54) is 18.3 Å². The molecule has 1 fully saturated rings. The molecule has 9 heteroatoms. The van der Waals surface area contributed by atoms with Crippen LogP contribution < -0.4 is 10.6 Å². The molecule has 0 bridgehead atoms. The average Bonchev–Trinajstić information content (AvgIpc) is 3.20. The minimum absolute atomic E-state index is 0.0684. The number of aromatic nitrogens is 1. The number of benzene rings is 1. The monoisotopic (exact) mass is 458 g/mol. The molecule has 2 aromatic rings. The Hall–Kier alpha value is -2.94. The third-order valence-corrected chi connectivity index (χ3v) is 5.73. The number of ether oxygens (including phenoxy) is 1. The number of likely N-dealkylation sites (tertiary alicyclic amines) is 1. The molecule has 1 saturated heterocycles. The van der Waals surface area contributed by atoms with E-state index in [0.29, 0.717) is 24.8 Å². The van der Waals surface area contributed by atoms with Gasteiger partial charge >= 0.3 is 6.09 Å². The van der Waals surface area contributed by atoms with Crippen LogP contribution in [0.4, 0.5) is 9.93 Å². The third-order valence-electron chi connectivity index (χ3n) is 4.97. The van der Waals surface area contributed by atoms with E-state index < -0.39 is 5.60 Å². The van der Waals surface area contributed by atoms with Gasteiger partial charge in [-0.2, -0.15) is 0 Å². The Labute approximate surface area is 192 Å². The molecule has 1 aliphatic rings. The zero-order valence-electron chi connectivity index (χ0n) is 18.9. The first-order valence-electron chi connectivity index (χ1n) is 10.7. The molecule has 0 aliphatic carbocycles. The number of hydrogen-bond acceptors (Lipinski definition) is 6. The molecular weight excluding hydrogens is 428 g/mol. The molecule has 3 amide bonds. The Morgan fingerprint density at radius 3 is 2.59 bits per heavy atom. The molecule has 8 nitrogen and oxygen atoms in total. The average molecular weight is 459 g/mol. The summed E-state index contributed by atoms with van der Waals surface area (Å²) in [4.78, 5) is 42.3. The summed E-state index contributed by atoms with van der Waals surface area (Å²) >= 11 is 1.36. The van der Waals surface area contributed by atoms with Crippen molar-refractivity contribution in [2.75, 3.05) is 18.4 Å². The fourth-order valence-corrected chi connectivity index (χ4v) is 4.10. The number of nitrogens with zero attached hydrogens (tertiary/aromatic N) is 2.